The van der Waals surface area contributed by atoms with Crippen LogP contribution in [0.15, 0.2) is 23.1 Å². The van der Waals surface area contributed by atoms with Gasteiger partial charge in [0.15, 0.2) is 0 Å². The first kappa shape index (κ1) is 15.0. The molecule has 0 aromatic heterocycles. The molecule has 1 aliphatic heterocycles. The van der Waals surface area contributed by atoms with Gasteiger partial charge in [-0.05, 0) is 48.9 Å². The smallest absolute Gasteiger partial charge is 0.207 e. The van der Waals surface area contributed by atoms with Gasteiger partial charge in [0, 0.05) is 13.1 Å². The summed E-state index contributed by atoms with van der Waals surface area (Å²) in [6.07, 6.45) is 0.898. The first-order valence-electron chi connectivity index (χ1n) is 6.87. The Balaban J connectivity index is 2.31. The number of hydrogen-bond donors (Lipinski definition) is 0. The van der Waals surface area contributed by atoms with Crippen LogP contribution in [0.1, 0.15) is 31.4 Å². The van der Waals surface area contributed by atoms with Crippen molar-refractivity contribution in [2.24, 2.45) is 11.8 Å². The Morgan fingerprint density at radius 1 is 1.30 bits per heavy atom. The highest BCUT2D eigenvalue weighted by Crippen LogP contribution is 2.27. The maximum Gasteiger partial charge on any atom is 0.243 e. The normalized spacial score (nSPS) is 24.3. The summed E-state index contributed by atoms with van der Waals surface area (Å²) in [5.74, 6) is 0.933. The maximum atomic E-state index is 12.6. The highest BCUT2D eigenvalue weighted by Gasteiger charge is 2.31. The fourth-order valence-electron chi connectivity index (χ4n) is 2.51. The van der Waals surface area contributed by atoms with E-state index in [1.165, 1.54) is 6.07 Å². The highest BCUT2D eigenvalue weighted by molar-refractivity contribution is 7.89. The third-order valence-electron chi connectivity index (χ3n) is 4.25. The average Bonchev–Trinajstić information content (AvgIpc) is 2.41. The molecule has 1 aromatic carbocycles. The second kappa shape index (κ2) is 5.55. The lowest BCUT2D eigenvalue weighted by Crippen LogP contribution is -2.42. The summed E-state index contributed by atoms with van der Waals surface area (Å²) in [6, 6.07) is 6.76. The number of nitriles is 1. The number of benzene rings is 1. The largest absolute Gasteiger partial charge is 0.243 e. The van der Waals surface area contributed by atoms with Gasteiger partial charge >= 0.3 is 0 Å². The second-order valence-electron chi connectivity index (χ2n) is 5.69. The van der Waals surface area contributed by atoms with Gasteiger partial charge in [0.2, 0.25) is 10.0 Å². The molecule has 1 fully saturated rings. The van der Waals surface area contributed by atoms with E-state index in [9.17, 15) is 8.42 Å². The molecule has 5 heteroatoms. The molecule has 20 heavy (non-hydrogen) atoms. The van der Waals surface area contributed by atoms with Crippen LogP contribution < -0.4 is 0 Å². The van der Waals surface area contributed by atoms with Crippen LogP contribution in [0.25, 0.3) is 0 Å². The molecule has 1 aliphatic rings. The van der Waals surface area contributed by atoms with E-state index in [-0.39, 0.29) is 4.90 Å². The van der Waals surface area contributed by atoms with Crippen molar-refractivity contribution in [3.8, 4) is 6.07 Å². The Labute approximate surface area is 121 Å². The topological polar surface area (TPSA) is 61.2 Å². The minimum Gasteiger partial charge on any atom is -0.207 e. The van der Waals surface area contributed by atoms with E-state index in [1.54, 1.807) is 23.4 Å². The van der Waals surface area contributed by atoms with Crippen LogP contribution in [-0.4, -0.2) is 25.8 Å². The summed E-state index contributed by atoms with van der Waals surface area (Å²) in [4.78, 5) is 0.288. The maximum absolute atomic E-state index is 12.6. The third kappa shape index (κ3) is 2.72. The van der Waals surface area contributed by atoms with Crippen LogP contribution in [0, 0.1) is 30.1 Å². The van der Waals surface area contributed by atoms with Crippen LogP contribution in [-0.2, 0) is 10.0 Å². The van der Waals surface area contributed by atoms with E-state index in [2.05, 4.69) is 19.9 Å². The third-order valence-corrected chi connectivity index (χ3v) is 6.11. The number of aryl methyl sites for hydroxylation is 1. The zero-order valence-corrected chi connectivity index (χ0v) is 12.9. The van der Waals surface area contributed by atoms with Gasteiger partial charge < -0.3 is 0 Å². The molecule has 1 saturated heterocycles. The molecule has 4 nitrogen and oxygen atoms in total. The first-order chi connectivity index (χ1) is 9.36. The van der Waals surface area contributed by atoms with E-state index < -0.39 is 10.0 Å². The molecular weight excluding hydrogens is 272 g/mol. The summed E-state index contributed by atoms with van der Waals surface area (Å²) in [5, 5.41) is 8.91. The molecule has 0 bridgehead atoms. The molecular formula is C15H20N2O2S. The number of piperidine rings is 1. The van der Waals surface area contributed by atoms with Crippen molar-refractivity contribution in [2.75, 3.05) is 13.1 Å². The van der Waals surface area contributed by atoms with Crippen LogP contribution in [0.5, 0.6) is 0 Å². The van der Waals surface area contributed by atoms with E-state index in [0.29, 0.717) is 36.1 Å². The second-order valence-corrected chi connectivity index (χ2v) is 7.63. The van der Waals surface area contributed by atoms with Crippen molar-refractivity contribution in [3.05, 3.63) is 29.3 Å². The van der Waals surface area contributed by atoms with Crippen molar-refractivity contribution >= 4 is 10.0 Å². The van der Waals surface area contributed by atoms with Crippen molar-refractivity contribution in [1.82, 2.24) is 4.31 Å². The minimum atomic E-state index is -3.44. The van der Waals surface area contributed by atoms with Crippen molar-refractivity contribution in [3.63, 3.8) is 0 Å². The predicted molar refractivity (Wildman–Crippen MR) is 77.6 cm³/mol. The van der Waals surface area contributed by atoms with Crippen molar-refractivity contribution in [2.45, 2.75) is 32.1 Å². The fourth-order valence-corrected chi connectivity index (χ4v) is 4.16. The summed E-state index contributed by atoms with van der Waals surface area (Å²) < 4.78 is 26.8. The van der Waals surface area contributed by atoms with Gasteiger partial charge in [0.1, 0.15) is 0 Å². The van der Waals surface area contributed by atoms with Gasteiger partial charge in [-0.25, -0.2) is 8.42 Å². The summed E-state index contributed by atoms with van der Waals surface area (Å²) in [6.45, 7) is 7.17. The van der Waals surface area contributed by atoms with E-state index in [1.807, 2.05) is 0 Å². The molecule has 0 N–H and O–H groups in total. The zero-order valence-electron chi connectivity index (χ0n) is 12.1. The quantitative estimate of drug-likeness (QED) is 0.841. The van der Waals surface area contributed by atoms with Gasteiger partial charge in [-0.1, -0.05) is 13.8 Å². The molecule has 0 spiro atoms. The number of sulfonamides is 1. The van der Waals surface area contributed by atoms with Gasteiger partial charge in [-0.2, -0.15) is 9.57 Å². The Bertz CT molecular complexity index is 646. The van der Waals surface area contributed by atoms with Crippen LogP contribution in [0.2, 0.25) is 0 Å². The molecule has 0 saturated carbocycles. The number of nitrogens with zero attached hydrogens (tertiary/aromatic N) is 2. The molecule has 1 aromatic rings. The first-order valence-corrected chi connectivity index (χ1v) is 8.31. The van der Waals surface area contributed by atoms with Gasteiger partial charge in [-0.3, -0.25) is 0 Å². The number of hydrogen-bond acceptors (Lipinski definition) is 3. The molecule has 1 heterocycles. The fraction of sp³-hybridized carbons (Fsp3) is 0.533. The van der Waals surface area contributed by atoms with Gasteiger partial charge in [0.25, 0.3) is 0 Å². The lowest BCUT2D eigenvalue weighted by atomic mass is 9.90. The predicted octanol–water partition coefficient (Wildman–Crippen LogP) is 2.53. The van der Waals surface area contributed by atoms with E-state index in [4.69, 9.17) is 5.26 Å². The van der Waals surface area contributed by atoms with Gasteiger partial charge in [-0.15, -0.1) is 0 Å². The molecule has 0 aliphatic carbocycles. The van der Waals surface area contributed by atoms with Crippen molar-refractivity contribution < 1.29 is 8.42 Å². The Kier molecular flexibility index (Phi) is 4.17. The molecule has 108 valence electrons. The Morgan fingerprint density at radius 3 is 2.55 bits per heavy atom. The average molecular weight is 292 g/mol. The molecule has 0 radical (unpaired) electrons. The molecule has 2 atom stereocenters. The van der Waals surface area contributed by atoms with E-state index >= 15 is 0 Å². The molecule has 2 rings (SSSR count). The van der Waals surface area contributed by atoms with Crippen LogP contribution >= 0.6 is 0 Å². The number of rotatable bonds is 2. The lowest BCUT2D eigenvalue weighted by molar-refractivity contribution is 0.212. The summed E-state index contributed by atoms with van der Waals surface area (Å²) in [5.41, 5.74) is 1.22. The van der Waals surface area contributed by atoms with E-state index in [0.717, 1.165) is 6.42 Å². The zero-order chi connectivity index (χ0) is 14.9. The van der Waals surface area contributed by atoms with Gasteiger partial charge in [0.05, 0.1) is 16.5 Å². The standard InChI is InChI=1S/C15H20N2O2S/c1-11-6-7-17(10-13(11)3)20(18,19)15-5-4-14(9-16)12(2)8-15/h4-5,8,11,13H,6-7,10H2,1-3H3. The van der Waals surface area contributed by atoms with Crippen molar-refractivity contribution in [1.29, 1.82) is 5.26 Å². The summed E-state index contributed by atoms with van der Waals surface area (Å²) in [7, 11) is -3.44. The lowest BCUT2D eigenvalue weighted by Gasteiger charge is -2.34. The summed E-state index contributed by atoms with van der Waals surface area (Å²) >= 11 is 0. The van der Waals surface area contributed by atoms with Crippen LogP contribution in [0.3, 0.4) is 0 Å². The molecule has 0 amide bonds. The highest BCUT2D eigenvalue weighted by atomic mass is 32.2. The monoisotopic (exact) mass is 292 g/mol. The molecule has 2 unspecified atom stereocenters. The Morgan fingerprint density at radius 2 is 2.00 bits per heavy atom. The van der Waals surface area contributed by atoms with Crippen LogP contribution in [0.4, 0.5) is 0 Å². The Hall–Kier alpha value is -1.38. The SMILES string of the molecule is Cc1cc(S(=O)(=O)N2CCC(C)C(C)C2)ccc1C#N. The minimum absolute atomic E-state index is 0.288.